The monoisotopic (exact) mass is 277 g/mol. The normalized spacial score (nSPS) is 11.1. The van der Waals surface area contributed by atoms with Crippen LogP contribution in [-0.2, 0) is 6.54 Å². The van der Waals surface area contributed by atoms with Gasteiger partial charge in [-0.2, -0.15) is 19.6 Å². The Balaban J connectivity index is 2.07. The van der Waals surface area contributed by atoms with Gasteiger partial charge in [0.15, 0.2) is 0 Å². The van der Waals surface area contributed by atoms with Crippen molar-refractivity contribution in [2.45, 2.75) is 13.5 Å². The Hall–Kier alpha value is -2.08. The van der Waals surface area contributed by atoms with Gasteiger partial charge in [0, 0.05) is 24.7 Å². The average Bonchev–Trinajstić information content (AvgIpc) is 3.01. The van der Waals surface area contributed by atoms with E-state index in [9.17, 15) is 0 Å². The first kappa shape index (κ1) is 12.0. The number of halogens is 1. The fourth-order valence-corrected chi connectivity index (χ4v) is 2.22. The molecule has 3 heterocycles. The minimum Gasteiger partial charge on any atom is -0.472 e. The highest BCUT2D eigenvalue weighted by molar-refractivity contribution is 6.30. The number of nitrogens with zero attached hydrogens (tertiary/aromatic N) is 5. The summed E-state index contributed by atoms with van der Waals surface area (Å²) < 4.78 is 6.76. The predicted octanol–water partition coefficient (Wildman–Crippen LogP) is 2.32. The van der Waals surface area contributed by atoms with E-state index >= 15 is 0 Å². The molecule has 19 heavy (non-hydrogen) atoms. The van der Waals surface area contributed by atoms with Crippen molar-refractivity contribution < 1.29 is 4.42 Å². The number of hydrogen-bond acceptors (Lipinski definition) is 5. The van der Waals surface area contributed by atoms with Crippen LogP contribution >= 0.6 is 11.6 Å². The third kappa shape index (κ3) is 2.04. The Kier molecular flexibility index (Phi) is 2.87. The first-order valence-electron chi connectivity index (χ1n) is 5.75. The van der Waals surface area contributed by atoms with Gasteiger partial charge in [-0.05, 0) is 13.0 Å². The molecule has 3 aromatic heterocycles. The van der Waals surface area contributed by atoms with E-state index in [-0.39, 0.29) is 0 Å². The second-order valence-electron chi connectivity index (χ2n) is 4.31. The summed E-state index contributed by atoms with van der Waals surface area (Å²) in [7, 11) is 1.97. The van der Waals surface area contributed by atoms with Gasteiger partial charge in [-0.1, -0.05) is 11.6 Å². The van der Waals surface area contributed by atoms with Gasteiger partial charge >= 0.3 is 0 Å². The first-order valence-corrected chi connectivity index (χ1v) is 6.12. The third-order valence-electron chi connectivity index (χ3n) is 2.93. The largest absolute Gasteiger partial charge is 0.472 e. The number of hydrogen-bond donors (Lipinski definition) is 0. The highest BCUT2D eigenvalue weighted by atomic mass is 35.5. The van der Waals surface area contributed by atoms with Crippen LogP contribution in [0, 0.1) is 6.92 Å². The fraction of sp³-hybridized carbons (Fsp3) is 0.250. The zero-order chi connectivity index (χ0) is 13.4. The summed E-state index contributed by atoms with van der Waals surface area (Å²) in [6, 6.07) is 1.92. The van der Waals surface area contributed by atoms with Crippen LogP contribution in [0.5, 0.6) is 0 Å². The Morgan fingerprint density at radius 1 is 1.47 bits per heavy atom. The van der Waals surface area contributed by atoms with Crippen molar-refractivity contribution in [2.75, 3.05) is 11.9 Å². The van der Waals surface area contributed by atoms with Gasteiger partial charge < -0.3 is 9.32 Å². The molecular weight excluding hydrogens is 266 g/mol. The molecule has 0 unspecified atom stereocenters. The number of furan rings is 1. The van der Waals surface area contributed by atoms with Gasteiger partial charge in [-0.3, -0.25) is 0 Å². The molecule has 6 nitrogen and oxygen atoms in total. The molecular formula is C12H12ClN5O. The van der Waals surface area contributed by atoms with E-state index in [0.717, 1.165) is 16.9 Å². The summed E-state index contributed by atoms with van der Waals surface area (Å²) in [5.41, 5.74) is 1.94. The van der Waals surface area contributed by atoms with Crippen LogP contribution in [0.1, 0.15) is 11.1 Å². The summed E-state index contributed by atoms with van der Waals surface area (Å²) in [6.45, 7) is 2.60. The van der Waals surface area contributed by atoms with Gasteiger partial charge in [0.1, 0.15) is 17.3 Å². The van der Waals surface area contributed by atoms with Gasteiger partial charge in [0.25, 0.3) is 5.78 Å². The van der Waals surface area contributed by atoms with Crippen LogP contribution in [-0.4, -0.2) is 26.6 Å². The molecule has 0 N–H and O–H groups in total. The number of aromatic nitrogens is 4. The number of anilines is 1. The molecule has 0 spiro atoms. The van der Waals surface area contributed by atoms with Crippen LogP contribution in [0.25, 0.3) is 5.78 Å². The molecule has 98 valence electrons. The SMILES string of the molecule is Cc1c(Cl)nc2ncnn2c1N(C)Cc1ccoc1. The molecule has 0 radical (unpaired) electrons. The lowest BCUT2D eigenvalue weighted by Gasteiger charge is -2.21. The van der Waals surface area contributed by atoms with Crippen molar-refractivity contribution in [3.05, 3.63) is 41.2 Å². The summed E-state index contributed by atoms with van der Waals surface area (Å²) in [4.78, 5) is 10.3. The first-order chi connectivity index (χ1) is 9.16. The van der Waals surface area contributed by atoms with E-state index in [1.807, 2.05) is 24.9 Å². The van der Waals surface area contributed by atoms with E-state index < -0.39 is 0 Å². The molecule has 0 fully saturated rings. The molecule has 0 aliphatic rings. The van der Waals surface area contributed by atoms with Gasteiger partial charge in [0.05, 0.1) is 12.5 Å². The molecule has 0 bridgehead atoms. The zero-order valence-electron chi connectivity index (χ0n) is 10.5. The Bertz CT molecular complexity index is 706. The molecule has 0 atom stereocenters. The topological polar surface area (TPSA) is 59.5 Å². The maximum absolute atomic E-state index is 6.14. The van der Waals surface area contributed by atoms with Crippen molar-refractivity contribution in [1.29, 1.82) is 0 Å². The standard InChI is InChI=1S/C12H12ClN5O/c1-8-10(13)16-12-14-7-15-18(12)11(8)17(2)5-9-3-4-19-6-9/h3-4,6-7H,5H2,1-2H3. The molecule has 0 amide bonds. The summed E-state index contributed by atoms with van der Waals surface area (Å²) in [5.74, 6) is 1.36. The van der Waals surface area contributed by atoms with Crippen LogP contribution < -0.4 is 4.90 Å². The van der Waals surface area contributed by atoms with E-state index in [1.54, 1.807) is 17.0 Å². The lowest BCUT2D eigenvalue weighted by molar-refractivity contribution is 0.563. The van der Waals surface area contributed by atoms with Crippen molar-refractivity contribution in [3.8, 4) is 0 Å². The minimum absolute atomic E-state index is 0.439. The van der Waals surface area contributed by atoms with Gasteiger partial charge in [-0.25, -0.2) is 0 Å². The van der Waals surface area contributed by atoms with Crippen molar-refractivity contribution in [1.82, 2.24) is 19.6 Å². The average molecular weight is 278 g/mol. The summed E-state index contributed by atoms with van der Waals surface area (Å²) >= 11 is 6.14. The summed E-state index contributed by atoms with van der Waals surface area (Å²) in [6.07, 6.45) is 4.83. The maximum Gasteiger partial charge on any atom is 0.255 e. The molecule has 0 aromatic carbocycles. The van der Waals surface area contributed by atoms with Crippen LogP contribution in [0.15, 0.2) is 29.3 Å². The molecule has 0 saturated heterocycles. The van der Waals surface area contributed by atoms with Crippen LogP contribution in [0.3, 0.4) is 0 Å². The molecule has 0 aliphatic heterocycles. The molecule has 7 heteroatoms. The van der Waals surface area contributed by atoms with Crippen LogP contribution in [0.2, 0.25) is 5.15 Å². The highest BCUT2D eigenvalue weighted by Crippen LogP contribution is 2.25. The van der Waals surface area contributed by atoms with Crippen molar-refractivity contribution in [2.24, 2.45) is 0 Å². The Morgan fingerprint density at radius 3 is 3.05 bits per heavy atom. The lowest BCUT2D eigenvalue weighted by atomic mass is 10.3. The fourth-order valence-electron chi connectivity index (χ4n) is 2.06. The summed E-state index contributed by atoms with van der Waals surface area (Å²) in [5, 5.41) is 4.63. The van der Waals surface area contributed by atoms with E-state index in [4.69, 9.17) is 16.0 Å². The zero-order valence-corrected chi connectivity index (χ0v) is 11.3. The van der Waals surface area contributed by atoms with Crippen molar-refractivity contribution in [3.63, 3.8) is 0 Å². The third-order valence-corrected chi connectivity index (χ3v) is 3.30. The van der Waals surface area contributed by atoms with E-state index in [2.05, 4.69) is 15.1 Å². The van der Waals surface area contributed by atoms with Gasteiger partial charge in [-0.15, -0.1) is 0 Å². The van der Waals surface area contributed by atoms with Crippen molar-refractivity contribution >= 4 is 23.2 Å². The molecule has 0 saturated carbocycles. The quantitative estimate of drug-likeness (QED) is 0.688. The maximum atomic E-state index is 6.14. The van der Waals surface area contributed by atoms with E-state index in [1.165, 1.54) is 6.33 Å². The Morgan fingerprint density at radius 2 is 2.32 bits per heavy atom. The number of rotatable bonds is 3. The highest BCUT2D eigenvalue weighted by Gasteiger charge is 2.16. The predicted molar refractivity (Wildman–Crippen MR) is 71.3 cm³/mol. The molecule has 3 aromatic rings. The lowest BCUT2D eigenvalue weighted by Crippen LogP contribution is -2.21. The number of fused-ring (bicyclic) bond motifs is 1. The molecule has 3 rings (SSSR count). The van der Waals surface area contributed by atoms with Gasteiger partial charge in [0.2, 0.25) is 0 Å². The Labute approximate surface area is 114 Å². The van der Waals surface area contributed by atoms with Crippen LogP contribution in [0.4, 0.5) is 5.82 Å². The van der Waals surface area contributed by atoms with E-state index in [0.29, 0.717) is 17.5 Å². The molecule has 0 aliphatic carbocycles. The minimum atomic E-state index is 0.439. The smallest absolute Gasteiger partial charge is 0.255 e. The second kappa shape index (κ2) is 4.55. The second-order valence-corrected chi connectivity index (χ2v) is 4.67.